The van der Waals surface area contributed by atoms with Gasteiger partial charge in [-0.2, -0.15) is 0 Å². The van der Waals surface area contributed by atoms with E-state index in [1.165, 1.54) is 17.2 Å². The van der Waals surface area contributed by atoms with Gasteiger partial charge in [0, 0.05) is 5.02 Å². The Balaban J connectivity index is 1.43. The van der Waals surface area contributed by atoms with Gasteiger partial charge < -0.3 is 25.4 Å². The molecule has 0 saturated carbocycles. The molecule has 0 radical (unpaired) electrons. The summed E-state index contributed by atoms with van der Waals surface area (Å²) in [5, 5.41) is 21.2. The smallest absolute Gasteiger partial charge is 0.310 e. The van der Waals surface area contributed by atoms with Gasteiger partial charge in [-0.15, -0.1) is 0 Å². The van der Waals surface area contributed by atoms with Crippen LogP contribution in [0.2, 0.25) is 5.02 Å². The molecule has 3 aromatic rings. The second-order valence-electron chi connectivity index (χ2n) is 6.58. The first-order chi connectivity index (χ1) is 14.0. The Hall–Kier alpha value is -2.79. The van der Waals surface area contributed by atoms with E-state index in [9.17, 15) is 15.0 Å². The summed E-state index contributed by atoms with van der Waals surface area (Å²) in [6, 6.07) is 6.94. The van der Waals surface area contributed by atoms with Gasteiger partial charge in [-0.25, -0.2) is 15.0 Å². The predicted octanol–water partition coefficient (Wildman–Crippen LogP) is 0.467. The van der Waals surface area contributed by atoms with Gasteiger partial charge in [0.1, 0.15) is 36.8 Å². The van der Waals surface area contributed by atoms with Gasteiger partial charge in [0.25, 0.3) is 0 Å². The average Bonchev–Trinajstić information content (AvgIpc) is 3.25. The van der Waals surface area contributed by atoms with Crippen LogP contribution in [-0.2, 0) is 20.7 Å². The molecule has 1 saturated heterocycles. The Kier molecular flexibility index (Phi) is 5.33. The summed E-state index contributed by atoms with van der Waals surface area (Å²) in [5.41, 5.74) is 7.10. The Labute approximate surface area is 169 Å². The van der Waals surface area contributed by atoms with Crippen molar-refractivity contribution in [3.05, 3.63) is 47.5 Å². The molecule has 0 amide bonds. The fourth-order valence-corrected chi connectivity index (χ4v) is 3.38. The molecule has 10 nitrogen and oxygen atoms in total. The van der Waals surface area contributed by atoms with Gasteiger partial charge in [-0.1, -0.05) is 29.8 Å². The lowest BCUT2D eigenvalue weighted by Gasteiger charge is -2.16. The molecule has 11 heteroatoms. The Morgan fingerprint density at radius 2 is 2.03 bits per heavy atom. The number of fused-ring (bicyclic) bond motifs is 1. The van der Waals surface area contributed by atoms with E-state index in [0.29, 0.717) is 21.7 Å². The summed E-state index contributed by atoms with van der Waals surface area (Å²) >= 11 is 6.04. The molecule has 152 valence electrons. The van der Waals surface area contributed by atoms with Crippen molar-refractivity contribution in [2.75, 3.05) is 12.3 Å². The first-order valence-corrected chi connectivity index (χ1v) is 9.17. The van der Waals surface area contributed by atoms with Crippen LogP contribution in [-0.4, -0.2) is 60.6 Å². The first-order valence-electron chi connectivity index (χ1n) is 8.79. The number of hydrogen-bond acceptors (Lipinski definition) is 9. The lowest BCUT2D eigenvalue weighted by molar-refractivity contribution is -0.149. The minimum Gasteiger partial charge on any atom is -0.463 e. The number of imidazole rings is 1. The number of aliphatic hydroxyl groups is 2. The molecule has 0 aliphatic carbocycles. The molecule has 29 heavy (non-hydrogen) atoms. The van der Waals surface area contributed by atoms with E-state index < -0.39 is 30.5 Å². The largest absolute Gasteiger partial charge is 0.463 e. The van der Waals surface area contributed by atoms with Crippen molar-refractivity contribution in [2.24, 2.45) is 0 Å². The standard InChI is InChI=1S/C18H18ClN5O5/c19-10-4-2-1-3-9(10)5-12(25)28-6-11-14(26)15(27)18(29-11)24-8-23-13-16(20)21-7-22-17(13)24/h1-4,7-8,11,14-15,18,26-27H,5-6H2,(H2,20,21,22)/t11-,14-,15-,18-/m1/s1. The van der Waals surface area contributed by atoms with Crippen molar-refractivity contribution in [3.63, 3.8) is 0 Å². The number of hydrogen-bond donors (Lipinski definition) is 3. The number of esters is 1. The van der Waals surface area contributed by atoms with Crippen LogP contribution in [0.25, 0.3) is 11.2 Å². The van der Waals surface area contributed by atoms with Gasteiger partial charge in [0.2, 0.25) is 0 Å². The van der Waals surface area contributed by atoms with Crippen LogP contribution in [0.5, 0.6) is 0 Å². The molecule has 0 bridgehead atoms. The number of rotatable bonds is 5. The number of aliphatic hydroxyl groups excluding tert-OH is 2. The van der Waals surface area contributed by atoms with Crippen molar-refractivity contribution in [1.29, 1.82) is 0 Å². The third kappa shape index (κ3) is 3.75. The van der Waals surface area contributed by atoms with E-state index in [4.69, 9.17) is 26.8 Å². The SMILES string of the molecule is Nc1ncnc2c1ncn2[C@@H]1O[C@H](COC(=O)Cc2ccccc2Cl)[C@@H](O)[C@H]1O. The maximum atomic E-state index is 12.1. The number of carbonyl (C=O) groups excluding carboxylic acids is 1. The molecule has 0 spiro atoms. The summed E-state index contributed by atoms with van der Waals surface area (Å²) in [4.78, 5) is 24.2. The van der Waals surface area contributed by atoms with Crippen LogP contribution >= 0.6 is 11.6 Å². The number of carbonyl (C=O) groups is 1. The molecule has 4 N–H and O–H groups in total. The lowest BCUT2D eigenvalue weighted by Crippen LogP contribution is -2.34. The van der Waals surface area contributed by atoms with Crippen LogP contribution in [0.3, 0.4) is 0 Å². The normalized spacial score (nSPS) is 24.1. The molecule has 0 unspecified atom stereocenters. The fourth-order valence-electron chi connectivity index (χ4n) is 3.18. The Morgan fingerprint density at radius 3 is 2.83 bits per heavy atom. The van der Waals surface area contributed by atoms with Gasteiger partial charge in [-0.3, -0.25) is 9.36 Å². The molecular weight excluding hydrogens is 402 g/mol. The zero-order valence-corrected chi connectivity index (χ0v) is 15.8. The van der Waals surface area contributed by atoms with Crippen LogP contribution in [0.1, 0.15) is 11.8 Å². The highest BCUT2D eigenvalue weighted by molar-refractivity contribution is 6.31. The van der Waals surface area contributed by atoms with Crippen LogP contribution in [0, 0.1) is 0 Å². The quantitative estimate of drug-likeness (QED) is 0.502. The van der Waals surface area contributed by atoms with E-state index in [1.807, 2.05) is 0 Å². The monoisotopic (exact) mass is 419 g/mol. The number of benzene rings is 1. The predicted molar refractivity (Wildman–Crippen MR) is 102 cm³/mol. The summed E-state index contributed by atoms with van der Waals surface area (Å²) in [6.07, 6.45) is -1.82. The molecule has 1 aliphatic rings. The zero-order valence-electron chi connectivity index (χ0n) is 15.1. The van der Waals surface area contributed by atoms with Crippen molar-refractivity contribution in [2.45, 2.75) is 31.0 Å². The number of anilines is 1. The molecule has 1 aliphatic heterocycles. The molecular formula is C18H18ClN5O5. The zero-order chi connectivity index (χ0) is 20.5. The van der Waals surface area contributed by atoms with Gasteiger partial charge in [-0.05, 0) is 11.6 Å². The number of nitrogens with zero attached hydrogens (tertiary/aromatic N) is 4. The van der Waals surface area contributed by atoms with Crippen molar-refractivity contribution in [3.8, 4) is 0 Å². The molecule has 2 aromatic heterocycles. The average molecular weight is 420 g/mol. The molecule has 1 aromatic carbocycles. The minimum absolute atomic E-state index is 0.0170. The molecule has 3 heterocycles. The summed E-state index contributed by atoms with van der Waals surface area (Å²) < 4.78 is 12.4. The third-order valence-electron chi connectivity index (χ3n) is 4.70. The number of nitrogens with two attached hydrogens (primary N) is 1. The van der Waals surface area contributed by atoms with Gasteiger partial charge >= 0.3 is 5.97 Å². The van der Waals surface area contributed by atoms with Crippen LogP contribution in [0.4, 0.5) is 5.82 Å². The van der Waals surface area contributed by atoms with Crippen molar-refractivity contribution in [1.82, 2.24) is 19.5 Å². The van der Waals surface area contributed by atoms with E-state index in [-0.39, 0.29) is 18.8 Å². The third-order valence-corrected chi connectivity index (χ3v) is 5.07. The van der Waals surface area contributed by atoms with E-state index >= 15 is 0 Å². The summed E-state index contributed by atoms with van der Waals surface area (Å²) in [5.74, 6) is -0.340. The Bertz CT molecular complexity index is 1040. The van der Waals surface area contributed by atoms with Gasteiger partial charge in [0.15, 0.2) is 17.7 Å². The maximum absolute atomic E-state index is 12.1. The van der Waals surface area contributed by atoms with Crippen LogP contribution < -0.4 is 5.73 Å². The number of halogens is 1. The molecule has 1 fully saturated rings. The highest BCUT2D eigenvalue weighted by Crippen LogP contribution is 2.32. The second-order valence-corrected chi connectivity index (χ2v) is 6.99. The number of aromatic nitrogens is 4. The van der Waals surface area contributed by atoms with E-state index in [1.54, 1.807) is 24.3 Å². The molecule has 4 atom stereocenters. The van der Waals surface area contributed by atoms with E-state index in [2.05, 4.69) is 15.0 Å². The topological polar surface area (TPSA) is 146 Å². The fraction of sp³-hybridized carbons (Fsp3) is 0.333. The highest BCUT2D eigenvalue weighted by atomic mass is 35.5. The van der Waals surface area contributed by atoms with Crippen LogP contribution in [0.15, 0.2) is 36.9 Å². The van der Waals surface area contributed by atoms with E-state index in [0.717, 1.165) is 0 Å². The number of ether oxygens (including phenoxy) is 2. The minimum atomic E-state index is -1.28. The highest BCUT2D eigenvalue weighted by Gasteiger charge is 2.45. The lowest BCUT2D eigenvalue weighted by atomic mass is 10.1. The second kappa shape index (κ2) is 7.91. The first kappa shape index (κ1) is 19.5. The van der Waals surface area contributed by atoms with Gasteiger partial charge in [0.05, 0.1) is 12.7 Å². The number of nitrogen functional groups attached to an aromatic ring is 1. The van der Waals surface area contributed by atoms with Crippen molar-refractivity contribution < 1.29 is 24.5 Å². The Morgan fingerprint density at radius 1 is 1.24 bits per heavy atom. The summed E-state index contributed by atoms with van der Waals surface area (Å²) in [7, 11) is 0. The maximum Gasteiger partial charge on any atom is 0.310 e. The summed E-state index contributed by atoms with van der Waals surface area (Å²) in [6.45, 7) is -0.234. The van der Waals surface area contributed by atoms with Crippen molar-refractivity contribution >= 4 is 34.6 Å². The molecule has 4 rings (SSSR count).